The van der Waals surface area contributed by atoms with Crippen LogP contribution in [0.1, 0.15) is 64.0 Å². The Morgan fingerprint density at radius 2 is 1.77 bits per heavy atom. The molecule has 0 spiro atoms. The van der Waals surface area contributed by atoms with Crippen molar-refractivity contribution in [2.24, 2.45) is 11.8 Å². The fraction of sp³-hybridized carbons (Fsp3) is 0.562. The minimum atomic E-state index is -0.508. The van der Waals surface area contributed by atoms with E-state index in [4.69, 9.17) is 9.47 Å². The fourth-order valence-electron chi connectivity index (χ4n) is 5.20. The van der Waals surface area contributed by atoms with E-state index >= 15 is 0 Å². The second-order valence-electron chi connectivity index (χ2n) is 10.8. The summed E-state index contributed by atoms with van der Waals surface area (Å²) < 4.78 is 11.5. The number of methoxy groups -OCH3 is 1. The van der Waals surface area contributed by atoms with Crippen molar-refractivity contribution in [3.8, 4) is 11.5 Å². The van der Waals surface area contributed by atoms with E-state index in [0.717, 1.165) is 55.6 Å². The molecule has 1 heterocycles. The Bertz CT molecular complexity index is 1020. The van der Waals surface area contributed by atoms with Crippen LogP contribution in [-0.4, -0.2) is 50.7 Å². The molecule has 7 nitrogen and oxygen atoms in total. The van der Waals surface area contributed by atoms with Crippen LogP contribution in [0.5, 0.6) is 11.5 Å². The lowest BCUT2D eigenvalue weighted by Gasteiger charge is -2.27. The average Bonchev–Trinajstić information content (AvgIpc) is 2.93. The number of ether oxygens (including phenoxy) is 2. The molecule has 0 saturated heterocycles. The van der Waals surface area contributed by atoms with E-state index in [1.54, 1.807) is 7.11 Å². The Balaban J connectivity index is 1.79. The van der Waals surface area contributed by atoms with Crippen LogP contribution in [0.25, 0.3) is 0 Å². The number of rotatable bonds is 6. The number of aryl methyl sites for hydroxylation is 1. The second kappa shape index (κ2) is 16.1. The van der Waals surface area contributed by atoms with Gasteiger partial charge in [0, 0.05) is 25.0 Å². The average molecular weight is 538 g/mol. The minimum Gasteiger partial charge on any atom is -0.497 e. The van der Waals surface area contributed by atoms with Gasteiger partial charge < -0.3 is 25.4 Å². The van der Waals surface area contributed by atoms with Crippen LogP contribution in [0, 0.1) is 11.8 Å². The van der Waals surface area contributed by atoms with Crippen LogP contribution in [0.3, 0.4) is 0 Å². The smallest absolute Gasteiger partial charge is 0.242 e. The third-order valence-corrected chi connectivity index (χ3v) is 7.51. The molecule has 0 aliphatic carbocycles. The Hall–Kier alpha value is -3.06. The number of hydrogen-bond donors (Lipinski definition) is 3. The number of carbonyl (C=O) groups excluding carboxylic acids is 2. The van der Waals surface area contributed by atoms with E-state index < -0.39 is 6.04 Å². The summed E-state index contributed by atoms with van der Waals surface area (Å²) in [5.41, 5.74) is 2.35. The Kier molecular flexibility index (Phi) is 12.6. The first-order valence-electron chi connectivity index (χ1n) is 14.6. The SMILES string of the molecule is CCC[C@@H]1NC(=O)C(C(C)C)CC[C@@H](Cc2ccc(OC)cc2)NCCOc2ccccc2CCCNC1=O. The highest BCUT2D eigenvalue weighted by Crippen LogP contribution is 2.22. The van der Waals surface area contributed by atoms with Gasteiger partial charge in [-0.25, -0.2) is 0 Å². The molecule has 214 valence electrons. The topological polar surface area (TPSA) is 88.7 Å². The fourth-order valence-corrected chi connectivity index (χ4v) is 5.20. The summed E-state index contributed by atoms with van der Waals surface area (Å²) in [7, 11) is 1.67. The Labute approximate surface area is 234 Å². The zero-order valence-electron chi connectivity index (χ0n) is 24.1. The normalized spacial score (nSPS) is 22.0. The minimum absolute atomic E-state index is 0.0276. The first-order valence-corrected chi connectivity index (χ1v) is 14.6. The van der Waals surface area contributed by atoms with Crippen molar-refractivity contribution in [1.29, 1.82) is 0 Å². The molecule has 0 aromatic heterocycles. The summed E-state index contributed by atoms with van der Waals surface area (Å²) in [6, 6.07) is 16.0. The summed E-state index contributed by atoms with van der Waals surface area (Å²) in [5, 5.41) is 9.83. The van der Waals surface area contributed by atoms with E-state index in [9.17, 15) is 9.59 Å². The van der Waals surface area contributed by atoms with Gasteiger partial charge in [-0.05, 0) is 73.8 Å². The van der Waals surface area contributed by atoms with Gasteiger partial charge in [0.1, 0.15) is 24.1 Å². The number of benzene rings is 2. The molecule has 3 atom stereocenters. The highest BCUT2D eigenvalue weighted by Gasteiger charge is 2.28. The molecule has 2 aromatic carbocycles. The van der Waals surface area contributed by atoms with E-state index in [0.29, 0.717) is 26.1 Å². The van der Waals surface area contributed by atoms with Crippen molar-refractivity contribution in [2.75, 3.05) is 26.8 Å². The monoisotopic (exact) mass is 537 g/mol. The molecule has 0 radical (unpaired) electrons. The van der Waals surface area contributed by atoms with Crippen molar-refractivity contribution >= 4 is 11.8 Å². The van der Waals surface area contributed by atoms with E-state index in [1.807, 2.05) is 37.3 Å². The highest BCUT2D eigenvalue weighted by atomic mass is 16.5. The molecule has 0 fully saturated rings. The molecule has 3 rings (SSSR count). The lowest BCUT2D eigenvalue weighted by Crippen LogP contribution is -2.49. The lowest BCUT2D eigenvalue weighted by atomic mass is 9.87. The van der Waals surface area contributed by atoms with Gasteiger partial charge in [0.05, 0.1) is 7.11 Å². The Morgan fingerprint density at radius 3 is 2.49 bits per heavy atom. The maximum atomic E-state index is 13.4. The molecule has 2 amide bonds. The standard InChI is InChI=1S/C32H47N3O4/c1-5-9-29-32(37)34-19-8-11-25-10-6-7-12-30(25)39-21-20-33-26(15-18-28(23(2)3)31(36)35-29)22-24-13-16-27(38-4)17-14-24/h6-7,10,12-14,16-17,23,26,28-29,33H,5,8-9,11,15,18-22H2,1-4H3,(H,34,37)(H,35,36)/t26-,28?,29-/m0/s1. The van der Waals surface area contributed by atoms with Gasteiger partial charge in [0.25, 0.3) is 0 Å². The molecule has 0 bridgehead atoms. The zero-order chi connectivity index (χ0) is 28.0. The Morgan fingerprint density at radius 1 is 1.00 bits per heavy atom. The number of nitrogens with one attached hydrogen (secondary N) is 3. The quantitative estimate of drug-likeness (QED) is 0.498. The third kappa shape index (κ3) is 9.88. The summed E-state index contributed by atoms with van der Waals surface area (Å²) in [4.78, 5) is 26.4. The van der Waals surface area contributed by atoms with Crippen molar-refractivity contribution in [2.45, 2.75) is 77.8 Å². The van der Waals surface area contributed by atoms with Crippen LogP contribution in [0.2, 0.25) is 0 Å². The molecule has 2 aromatic rings. The van der Waals surface area contributed by atoms with Gasteiger partial charge >= 0.3 is 0 Å². The summed E-state index contributed by atoms with van der Waals surface area (Å²) in [6.45, 7) is 8.04. The molecular formula is C32H47N3O4. The van der Waals surface area contributed by atoms with Crippen molar-refractivity contribution in [3.63, 3.8) is 0 Å². The van der Waals surface area contributed by atoms with E-state index in [2.05, 4.69) is 48.0 Å². The number of fused-ring (bicyclic) bond motifs is 1. The molecule has 1 unspecified atom stereocenters. The maximum Gasteiger partial charge on any atom is 0.242 e. The molecule has 39 heavy (non-hydrogen) atoms. The number of hydrogen-bond acceptors (Lipinski definition) is 5. The number of amides is 2. The zero-order valence-corrected chi connectivity index (χ0v) is 24.1. The van der Waals surface area contributed by atoms with Crippen molar-refractivity contribution in [3.05, 3.63) is 59.7 Å². The largest absolute Gasteiger partial charge is 0.497 e. The van der Waals surface area contributed by atoms with Crippen LogP contribution in [0.15, 0.2) is 48.5 Å². The van der Waals surface area contributed by atoms with Crippen molar-refractivity contribution < 1.29 is 19.1 Å². The molecule has 7 heteroatoms. The van der Waals surface area contributed by atoms with Gasteiger partial charge in [0.15, 0.2) is 0 Å². The summed E-state index contributed by atoms with van der Waals surface area (Å²) in [5.74, 6) is 1.61. The molecule has 1 aliphatic rings. The van der Waals surface area contributed by atoms with Crippen LogP contribution in [0.4, 0.5) is 0 Å². The van der Waals surface area contributed by atoms with Crippen molar-refractivity contribution in [1.82, 2.24) is 16.0 Å². The predicted octanol–water partition coefficient (Wildman–Crippen LogP) is 4.67. The molecule has 0 saturated carbocycles. The summed E-state index contributed by atoms with van der Waals surface area (Å²) in [6.07, 6.45) is 5.47. The first-order chi connectivity index (χ1) is 18.9. The number of para-hydroxylation sites is 1. The van der Waals surface area contributed by atoms with Gasteiger partial charge in [-0.2, -0.15) is 0 Å². The van der Waals surface area contributed by atoms with Gasteiger partial charge in [-0.15, -0.1) is 0 Å². The number of carbonyl (C=O) groups is 2. The molecule has 1 aliphatic heterocycles. The van der Waals surface area contributed by atoms with Gasteiger partial charge in [-0.3, -0.25) is 9.59 Å². The molecular weight excluding hydrogens is 490 g/mol. The van der Waals surface area contributed by atoms with Gasteiger partial charge in [-0.1, -0.05) is 57.5 Å². The second-order valence-corrected chi connectivity index (χ2v) is 10.8. The summed E-state index contributed by atoms with van der Waals surface area (Å²) >= 11 is 0. The predicted molar refractivity (Wildman–Crippen MR) is 156 cm³/mol. The third-order valence-electron chi connectivity index (χ3n) is 7.51. The van der Waals surface area contributed by atoms with Crippen LogP contribution in [-0.2, 0) is 22.4 Å². The first kappa shape index (κ1) is 30.5. The highest BCUT2D eigenvalue weighted by molar-refractivity contribution is 5.88. The molecule has 3 N–H and O–H groups in total. The maximum absolute atomic E-state index is 13.4. The van der Waals surface area contributed by atoms with Crippen LogP contribution < -0.4 is 25.4 Å². The van der Waals surface area contributed by atoms with E-state index in [1.165, 1.54) is 5.56 Å². The van der Waals surface area contributed by atoms with E-state index in [-0.39, 0.29) is 29.7 Å². The van der Waals surface area contributed by atoms with Crippen LogP contribution >= 0.6 is 0 Å². The van der Waals surface area contributed by atoms with Gasteiger partial charge in [0.2, 0.25) is 11.8 Å². The lowest BCUT2D eigenvalue weighted by molar-refractivity contribution is -0.132.